The number of aryl methyl sites for hydroxylation is 2. The molecule has 6 heteroatoms. The summed E-state index contributed by atoms with van der Waals surface area (Å²) in [6, 6.07) is 10.8. The molecular weight excluding hydrogens is 371 g/mol. The summed E-state index contributed by atoms with van der Waals surface area (Å²) in [5, 5.41) is 6.87. The summed E-state index contributed by atoms with van der Waals surface area (Å²) in [5.74, 6) is -0.164. The zero-order chi connectivity index (χ0) is 19.1. The molecule has 4 nitrogen and oxygen atoms in total. The van der Waals surface area contributed by atoms with E-state index < -0.39 is 0 Å². The summed E-state index contributed by atoms with van der Waals surface area (Å²) in [6.45, 7) is 3.82. The quantitative estimate of drug-likeness (QED) is 0.589. The summed E-state index contributed by atoms with van der Waals surface area (Å²) < 4.78 is 0. The first-order chi connectivity index (χ1) is 12.3. The summed E-state index contributed by atoms with van der Waals surface area (Å²) in [4.78, 5) is 24.0. The minimum Gasteiger partial charge on any atom is -0.326 e. The smallest absolute Gasteiger partial charge is 0.224 e. The Balaban J connectivity index is 1.72. The van der Waals surface area contributed by atoms with Crippen LogP contribution in [0.25, 0.3) is 0 Å². The molecular formula is C20H22Cl2N2O2. The molecule has 0 aliphatic heterocycles. The Kier molecular flexibility index (Phi) is 7.49. The maximum Gasteiger partial charge on any atom is 0.224 e. The van der Waals surface area contributed by atoms with Gasteiger partial charge in [-0.3, -0.25) is 9.59 Å². The molecule has 0 aromatic heterocycles. The van der Waals surface area contributed by atoms with Crippen molar-refractivity contribution in [2.75, 3.05) is 10.6 Å². The fourth-order valence-corrected chi connectivity index (χ4v) is 2.80. The molecule has 0 saturated heterocycles. The highest BCUT2D eigenvalue weighted by atomic mass is 35.5. The number of anilines is 2. The van der Waals surface area contributed by atoms with Crippen molar-refractivity contribution in [1.82, 2.24) is 0 Å². The highest BCUT2D eigenvalue weighted by Crippen LogP contribution is 2.21. The molecule has 0 bridgehead atoms. The Morgan fingerprint density at radius 1 is 0.769 bits per heavy atom. The summed E-state index contributed by atoms with van der Waals surface area (Å²) in [6.07, 6.45) is 1.98. The molecule has 0 heterocycles. The predicted molar refractivity (Wildman–Crippen MR) is 108 cm³/mol. The van der Waals surface area contributed by atoms with Gasteiger partial charge < -0.3 is 10.6 Å². The lowest BCUT2D eigenvalue weighted by Gasteiger charge is -2.10. The van der Waals surface area contributed by atoms with Gasteiger partial charge in [0.25, 0.3) is 0 Å². The first kappa shape index (κ1) is 20.3. The second-order valence-electron chi connectivity index (χ2n) is 6.22. The standard InChI is InChI=1S/C20H22Cl2N2O2/c1-13-7-9-15(21)11-17(13)23-19(25)5-3-4-6-20(26)24-18-12-16(22)10-8-14(18)2/h7-12H,3-6H2,1-2H3,(H,23,25)(H,24,26). The van der Waals surface area contributed by atoms with Gasteiger partial charge >= 0.3 is 0 Å². The third-order valence-electron chi connectivity index (χ3n) is 4.01. The second kappa shape index (κ2) is 9.60. The summed E-state index contributed by atoms with van der Waals surface area (Å²) >= 11 is 11.9. The number of amides is 2. The van der Waals surface area contributed by atoms with Gasteiger partial charge in [0.2, 0.25) is 11.8 Å². The van der Waals surface area contributed by atoms with Crippen molar-refractivity contribution in [1.29, 1.82) is 0 Å². The Hall–Kier alpha value is -2.04. The van der Waals surface area contributed by atoms with Gasteiger partial charge in [-0.25, -0.2) is 0 Å². The lowest BCUT2D eigenvalue weighted by Crippen LogP contribution is -2.14. The summed E-state index contributed by atoms with van der Waals surface area (Å²) in [7, 11) is 0. The average Bonchev–Trinajstić information content (AvgIpc) is 2.58. The summed E-state index contributed by atoms with van der Waals surface area (Å²) in [5.41, 5.74) is 3.35. The van der Waals surface area contributed by atoms with E-state index in [1.807, 2.05) is 26.0 Å². The van der Waals surface area contributed by atoms with Crippen molar-refractivity contribution in [2.45, 2.75) is 39.5 Å². The molecule has 2 rings (SSSR count). The van der Waals surface area contributed by atoms with Crippen LogP contribution in [0.2, 0.25) is 10.0 Å². The van der Waals surface area contributed by atoms with Gasteiger partial charge in [0.15, 0.2) is 0 Å². The third-order valence-corrected chi connectivity index (χ3v) is 4.48. The highest BCUT2D eigenvalue weighted by Gasteiger charge is 2.08. The SMILES string of the molecule is Cc1ccc(Cl)cc1NC(=O)CCCCC(=O)Nc1cc(Cl)ccc1C. The van der Waals surface area contributed by atoms with Gasteiger partial charge in [0, 0.05) is 34.3 Å². The van der Waals surface area contributed by atoms with Gasteiger partial charge in [-0.2, -0.15) is 0 Å². The molecule has 0 spiro atoms. The molecule has 0 fully saturated rings. The van der Waals surface area contributed by atoms with Crippen molar-refractivity contribution < 1.29 is 9.59 Å². The van der Waals surface area contributed by atoms with Crippen LogP contribution in [0, 0.1) is 13.8 Å². The number of carbonyl (C=O) groups excluding carboxylic acids is 2. The average molecular weight is 393 g/mol. The molecule has 0 aliphatic carbocycles. The van der Waals surface area contributed by atoms with Crippen LogP contribution in [0.3, 0.4) is 0 Å². The van der Waals surface area contributed by atoms with Gasteiger partial charge in [-0.15, -0.1) is 0 Å². The Morgan fingerprint density at radius 3 is 1.54 bits per heavy atom. The lowest BCUT2D eigenvalue weighted by molar-refractivity contribution is -0.118. The normalized spacial score (nSPS) is 10.5. The lowest BCUT2D eigenvalue weighted by atomic mass is 10.1. The number of hydrogen-bond acceptors (Lipinski definition) is 2. The molecule has 0 aliphatic rings. The van der Waals surface area contributed by atoms with E-state index in [0.29, 0.717) is 35.7 Å². The largest absolute Gasteiger partial charge is 0.326 e. The fourth-order valence-electron chi connectivity index (χ4n) is 2.45. The fraction of sp³-hybridized carbons (Fsp3) is 0.300. The highest BCUT2D eigenvalue weighted by molar-refractivity contribution is 6.31. The van der Waals surface area contributed by atoms with Crippen LogP contribution in [-0.2, 0) is 9.59 Å². The van der Waals surface area contributed by atoms with E-state index in [9.17, 15) is 9.59 Å². The molecule has 0 unspecified atom stereocenters. The Morgan fingerprint density at radius 2 is 1.15 bits per heavy atom. The van der Waals surface area contributed by atoms with Gasteiger partial charge in [-0.1, -0.05) is 35.3 Å². The second-order valence-corrected chi connectivity index (χ2v) is 7.09. The van der Waals surface area contributed by atoms with E-state index in [4.69, 9.17) is 23.2 Å². The van der Waals surface area contributed by atoms with E-state index >= 15 is 0 Å². The van der Waals surface area contributed by atoms with E-state index in [0.717, 1.165) is 22.5 Å². The van der Waals surface area contributed by atoms with Crippen molar-refractivity contribution >= 4 is 46.4 Å². The van der Waals surface area contributed by atoms with Crippen LogP contribution in [-0.4, -0.2) is 11.8 Å². The van der Waals surface area contributed by atoms with Crippen molar-refractivity contribution in [2.24, 2.45) is 0 Å². The molecule has 26 heavy (non-hydrogen) atoms. The van der Waals surface area contributed by atoms with E-state index in [2.05, 4.69) is 10.6 Å². The van der Waals surface area contributed by atoms with Crippen LogP contribution < -0.4 is 10.6 Å². The molecule has 2 aromatic carbocycles. The van der Waals surface area contributed by atoms with E-state index in [1.54, 1.807) is 24.3 Å². The Labute approximate surface area is 163 Å². The predicted octanol–water partition coefficient (Wildman–Crippen LogP) is 5.75. The number of carbonyl (C=O) groups is 2. The number of unbranched alkanes of at least 4 members (excludes halogenated alkanes) is 1. The maximum atomic E-state index is 12.0. The number of halogens is 2. The third kappa shape index (κ3) is 6.36. The van der Waals surface area contributed by atoms with E-state index in [-0.39, 0.29) is 11.8 Å². The molecule has 138 valence electrons. The monoisotopic (exact) mass is 392 g/mol. The van der Waals surface area contributed by atoms with Crippen LogP contribution in [0.5, 0.6) is 0 Å². The number of nitrogens with one attached hydrogen (secondary N) is 2. The maximum absolute atomic E-state index is 12.0. The molecule has 2 amide bonds. The Bertz CT molecular complexity index is 739. The van der Waals surface area contributed by atoms with Gasteiger partial charge in [0.05, 0.1) is 0 Å². The van der Waals surface area contributed by atoms with Crippen LogP contribution in [0.15, 0.2) is 36.4 Å². The number of rotatable bonds is 7. The number of benzene rings is 2. The minimum absolute atomic E-state index is 0.0820. The molecule has 2 aromatic rings. The van der Waals surface area contributed by atoms with Crippen molar-refractivity contribution in [3.8, 4) is 0 Å². The van der Waals surface area contributed by atoms with Gasteiger partial charge in [-0.05, 0) is 62.1 Å². The van der Waals surface area contributed by atoms with Gasteiger partial charge in [0.1, 0.15) is 0 Å². The topological polar surface area (TPSA) is 58.2 Å². The molecule has 0 saturated carbocycles. The van der Waals surface area contributed by atoms with E-state index in [1.165, 1.54) is 0 Å². The van der Waals surface area contributed by atoms with Crippen molar-refractivity contribution in [3.63, 3.8) is 0 Å². The number of hydrogen-bond donors (Lipinski definition) is 2. The first-order valence-electron chi connectivity index (χ1n) is 8.47. The minimum atomic E-state index is -0.0820. The zero-order valence-electron chi connectivity index (χ0n) is 14.9. The van der Waals surface area contributed by atoms with Crippen molar-refractivity contribution in [3.05, 3.63) is 57.6 Å². The molecule has 2 N–H and O–H groups in total. The van der Waals surface area contributed by atoms with Crippen LogP contribution >= 0.6 is 23.2 Å². The van der Waals surface area contributed by atoms with Crippen LogP contribution in [0.1, 0.15) is 36.8 Å². The van der Waals surface area contributed by atoms with Crippen LogP contribution in [0.4, 0.5) is 11.4 Å². The zero-order valence-corrected chi connectivity index (χ0v) is 16.4. The molecule has 0 atom stereocenters. The first-order valence-corrected chi connectivity index (χ1v) is 9.23. The molecule has 0 radical (unpaired) electrons.